The summed E-state index contributed by atoms with van der Waals surface area (Å²) in [6, 6.07) is 7.37. The van der Waals surface area contributed by atoms with E-state index in [1.165, 1.54) is 0 Å². The second-order valence-electron chi connectivity index (χ2n) is 10.8. The van der Waals surface area contributed by atoms with E-state index in [1.54, 1.807) is 0 Å². The molecule has 39 heavy (non-hydrogen) atoms. The number of fused-ring (bicyclic) bond motifs is 4. The van der Waals surface area contributed by atoms with Gasteiger partial charge in [-0.05, 0) is 49.9 Å². The highest BCUT2D eigenvalue weighted by atomic mass is 16.5. The van der Waals surface area contributed by atoms with Gasteiger partial charge in [-0.3, -0.25) is 19.6 Å². The van der Waals surface area contributed by atoms with Gasteiger partial charge >= 0.3 is 0 Å². The van der Waals surface area contributed by atoms with Crippen LogP contribution in [0.5, 0.6) is 11.5 Å². The van der Waals surface area contributed by atoms with Gasteiger partial charge in [0.2, 0.25) is 0 Å². The minimum atomic E-state index is -0.0309. The number of ether oxygens (including phenoxy) is 2. The lowest BCUT2D eigenvalue weighted by atomic mass is 10.1. The maximum absolute atomic E-state index is 13.1. The third-order valence-corrected chi connectivity index (χ3v) is 7.73. The van der Waals surface area contributed by atoms with Crippen molar-refractivity contribution >= 4 is 35.6 Å². The summed E-state index contributed by atoms with van der Waals surface area (Å²) in [4.78, 5) is 39.1. The highest BCUT2D eigenvalue weighted by Crippen LogP contribution is 2.36. The zero-order valence-corrected chi connectivity index (χ0v) is 22.4. The Bertz CT molecular complexity index is 1360. The molecule has 4 heterocycles. The van der Waals surface area contributed by atoms with Crippen molar-refractivity contribution in [3.05, 3.63) is 70.8 Å². The van der Waals surface area contributed by atoms with Crippen LogP contribution < -0.4 is 9.47 Å². The fraction of sp³-hybridized carbons (Fsp3) is 0.355. The molecule has 0 spiro atoms. The maximum atomic E-state index is 13.1. The molecule has 4 aliphatic heterocycles. The number of nitrogens with zero attached hydrogens (tertiary/aromatic N) is 4. The quantitative estimate of drug-likeness (QED) is 0.388. The van der Waals surface area contributed by atoms with Crippen molar-refractivity contribution in [2.75, 3.05) is 26.3 Å². The summed E-state index contributed by atoms with van der Waals surface area (Å²) in [5.41, 5.74) is 6.36. The first-order chi connectivity index (χ1) is 18.8. The van der Waals surface area contributed by atoms with E-state index in [0.29, 0.717) is 66.7 Å². The molecule has 0 unspecified atom stereocenters. The van der Waals surface area contributed by atoms with Crippen LogP contribution in [0.2, 0.25) is 0 Å². The number of carbonyl (C=O) groups excluding carboxylic acids is 2. The zero-order valence-electron chi connectivity index (χ0n) is 22.4. The van der Waals surface area contributed by atoms with Crippen LogP contribution in [0.3, 0.4) is 0 Å². The number of aliphatic imine (C=N–C) groups is 2. The number of carbonyl (C=O) groups is 2. The molecule has 0 aliphatic carbocycles. The number of benzene rings is 2. The Morgan fingerprint density at radius 1 is 0.769 bits per heavy atom. The van der Waals surface area contributed by atoms with Crippen LogP contribution >= 0.6 is 0 Å². The van der Waals surface area contributed by atoms with Crippen LogP contribution in [0.15, 0.2) is 58.6 Å². The van der Waals surface area contributed by atoms with E-state index in [9.17, 15) is 9.59 Å². The normalized spacial score (nSPS) is 21.4. The molecule has 8 heteroatoms. The predicted octanol–water partition coefficient (Wildman–Crippen LogP) is 5.12. The predicted molar refractivity (Wildman–Crippen MR) is 151 cm³/mol. The largest absolute Gasteiger partial charge is 0.493 e. The Kier molecular flexibility index (Phi) is 6.33. The van der Waals surface area contributed by atoms with Crippen molar-refractivity contribution in [2.45, 2.75) is 45.2 Å². The highest BCUT2D eigenvalue weighted by Gasteiger charge is 2.35. The summed E-state index contributed by atoms with van der Waals surface area (Å²) in [6.07, 6.45) is 5.86. The van der Waals surface area contributed by atoms with Crippen molar-refractivity contribution in [3.63, 3.8) is 0 Å². The van der Waals surface area contributed by atoms with Crippen molar-refractivity contribution < 1.29 is 19.1 Å². The molecule has 4 aliphatic rings. The van der Waals surface area contributed by atoms with Crippen LogP contribution in [0, 0.1) is 13.8 Å². The molecule has 2 aromatic rings. The number of hydrogen-bond donors (Lipinski definition) is 0. The van der Waals surface area contributed by atoms with E-state index in [2.05, 4.69) is 23.1 Å². The summed E-state index contributed by atoms with van der Waals surface area (Å²) < 4.78 is 12.1. The molecule has 0 bridgehead atoms. The molecule has 0 saturated carbocycles. The van der Waals surface area contributed by atoms with E-state index < -0.39 is 0 Å². The summed E-state index contributed by atoms with van der Waals surface area (Å²) in [6.45, 7) is 14.0. The average Bonchev–Trinajstić information content (AvgIpc) is 3.42. The molecule has 2 fully saturated rings. The summed E-state index contributed by atoms with van der Waals surface area (Å²) >= 11 is 0. The summed E-state index contributed by atoms with van der Waals surface area (Å²) in [5, 5.41) is 0. The SMILES string of the molecule is C=C1C[C@H]2C=Nc3cc(OCCCOc4cc5c(cc4C)C(=O)N4CC(=C)C[C@H]4C=N5)c(C)cc3C(=O)N2C1. The molecular formula is C31H32N4O4. The van der Waals surface area contributed by atoms with Gasteiger partial charge in [0.15, 0.2) is 0 Å². The lowest BCUT2D eigenvalue weighted by Crippen LogP contribution is -2.35. The van der Waals surface area contributed by atoms with E-state index in [4.69, 9.17) is 9.47 Å². The number of aryl methyl sites for hydroxylation is 2. The Morgan fingerprint density at radius 3 is 1.64 bits per heavy atom. The van der Waals surface area contributed by atoms with Gasteiger partial charge in [-0.15, -0.1) is 0 Å². The number of rotatable bonds is 6. The van der Waals surface area contributed by atoms with Gasteiger partial charge < -0.3 is 19.3 Å². The lowest BCUT2D eigenvalue weighted by molar-refractivity contribution is 0.0770. The standard InChI is InChI=1S/C31H32N4O4/c1-18-8-22-14-32-26-12-28(20(3)10-24(26)30(36)34(22)16-18)38-6-5-7-39-29-13-27-25(11-21(29)4)31(37)35-17-19(2)9-23(35)15-33-27/h10-15,22-23H,1-2,5-9,16-17H2,3-4H3/t22-,23-/m0/s1. The van der Waals surface area contributed by atoms with Gasteiger partial charge in [0.05, 0.1) is 47.8 Å². The van der Waals surface area contributed by atoms with Gasteiger partial charge in [-0.25, -0.2) is 0 Å². The number of amides is 2. The molecule has 0 radical (unpaired) electrons. The molecule has 8 nitrogen and oxygen atoms in total. The highest BCUT2D eigenvalue weighted by molar-refractivity contribution is 6.04. The molecule has 2 saturated heterocycles. The molecule has 0 N–H and O–H groups in total. The molecule has 6 rings (SSSR count). The Labute approximate surface area is 228 Å². The molecule has 2 aromatic carbocycles. The maximum Gasteiger partial charge on any atom is 0.256 e. The summed E-state index contributed by atoms with van der Waals surface area (Å²) in [7, 11) is 0. The van der Waals surface area contributed by atoms with Gasteiger partial charge in [0.1, 0.15) is 11.5 Å². The first-order valence-electron chi connectivity index (χ1n) is 13.4. The first kappa shape index (κ1) is 25.1. The monoisotopic (exact) mass is 524 g/mol. The van der Waals surface area contributed by atoms with Crippen molar-refractivity contribution in [3.8, 4) is 11.5 Å². The number of hydrogen-bond acceptors (Lipinski definition) is 6. The third kappa shape index (κ3) is 4.64. The third-order valence-electron chi connectivity index (χ3n) is 7.73. The topological polar surface area (TPSA) is 83.8 Å². The van der Waals surface area contributed by atoms with E-state index in [-0.39, 0.29) is 23.9 Å². The minimum Gasteiger partial charge on any atom is -0.493 e. The van der Waals surface area contributed by atoms with Crippen molar-refractivity contribution in [1.29, 1.82) is 0 Å². The van der Waals surface area contributed by atoms with Crippen LogP contribution in [0.1, 0.15) is 51.1 Å². The fourth-order valence-electron chi connectivity index (χ4n) is 5.66. The minimum absolute atomic E-state index is 0.0118. The van der Waals surface area contributed by atoms with E-state index in [1.807, 2.05) is 60.3 Å². The molecule has 0 aromatic heterocycles. The molecule has 2 atom stereocenters. The Hall–Kier alpha value is -4.20. The second kappa shape index (κ2) is 9.84. The van der Waals surface area contributed by atoms with Crippen LogP contribution in [0.4, 0.5) is 11.4 Å². The molecule has 200 valence electrons. The zero-order chi connectivity index (χ0) is 27.3. The Morgan fingerprint density at radius 2 is 1.21 bits per heavy atom. The summed E-state index contributed by atoms with van der Waals surface area (Å²) in [5.74, 6) is 1.40. The second-order valence-corrected chi connectivity index (χ2v) is 10.8. The van der Waals surface area contributed by atoms with Gasteiger partial charge in [-0.1, -0.05) is 24.3 Å². The van der Waals surface area contributed by atoms with Gasteiger partial charge in [-0.2, -0.15) is 0 Å². The van der Waals surface area contributed by atoms with E-state index in [0.717, 1.165) is 35.1 Å². The first-order valence-corrected chi connectivity index (χ1v) is 13.4. The molecular weight excluding hydrogens is 492 g/mol. The van der Waals surface area contributed by atoms with Gasteiger partial charge in [0, 0.05) is 44.1 Å². The lowest BCUT2D eigenvalue weighted by Gasteiger charge is -2.20. The van der Waals surface area contributed by atoms with Crippen LogP contribution in [-0.2, 0) is 0 Å². The van der Waals surface area contributed by atoms with Crippen molar-refractivity contribution in [2.24, 2.45) is 9.98 Å². The Balaban J connectivity index is 1.08. The average molecular weight is 525 g/mol. The van der Waals surface area contributed by atoms with Crippen LogP contribution in [-0.4, -0.2) is 72.4 Å². The fourth-order valence-corrected chi connectivity index (χ4v) is 5.66. The van der Waals surface area contributed by atoms with Crippen LogP contribution in [0.25, 0.3) is 0 Å². The van der Waals surface area contributed by atoms with Gasteiger partial charge in [0.25, 0.3) is 11.8 Å². The molecule has 2 amide bonds. The van der Waals surface area contributed by atoms with E-state index >= 15 is 0 Å². The smallest absolute Gasteiger partial charge is 0.256 e. The van der Waals surface area contributed by atoms with Crippen molar-refractivity contribution in [1.82, 2.24) is 9.80 Å².